The van der Waals surface area contributed by atoms with Crippen molar-refractivity contribution in [3.63, 3.8) is 0 Å². The van der Waals surface area contributed by atoms with Crippen molar-refractivity contribution in [3.8, 4) is 6.07 Å². The molecule has 1 rings (SSSR count). The molecule has 0 aromatic rings. The van der Waals surface area contributed by atoms with Gasteiger partial charge in [-0.15, -0.1) is 0 Å². The van der Waals surface area contributed by atoms with Crippen LogP contribution in [0.5, 0.6) is 0 Å². The summed E-state index contributed by atoms with van der Waals surface area (Å²) in [5, 5.41) is 12.2. The van der Waals surface area contributed by atoms with E-state index < -0.39 is 5.41 Å². The number of hydrogen-bond donors (Lipinski definition) is 1. The fourth-order valence-electron chi connectivity index (χ4n) is 2.92. The number of nitriles is 1. The molecule has 0 aromatic carbocycles. The molecule has 1 fully saturated rings. The van der Waals surface area contributed by atoms with Gasteiger partial charge in [-0.3, -0.25) is 4.79 Å². The average Bonchev–Trinajstić information content (AvgIpc) is 2.25. The second-order valence-electron chi connectivity index (χ2n) is 5.55. The lowest BCUT2D eigenvalue weighted by Gasteiger charge is -2.40. The van der Waals surface area contributed by atoms with E-state index in [1.54, 1.807) is 0 Å². The van der Waals surface area contributed by atoms with Crippen molar-refractivity contribution in [2.75, 3.05) is 0 Å². The fourth-order valence-corrected chi connectivity index (χ4v) is 2.92. The van der Waals surface area contributed by atoms with E-state index in [1.165, 1.54) is 0 Å². The van der Waals surface area contributed by atoms with Gasteiger partial charge in [-0.05, 0) is 31.6 Å². The Hall–Kier alpha value is -1.04. The van der Waals surface area contributed by atoms with Crippen molar-refractivity contribution in [2.24, 2.45) is 17.3 Å². The molecule has 0 aromatic heterocycles. The van der Waals surface area contributed by atoms with E-state index in [9.17, 15) is 10.1 Å². The van der Waals surface area contributed by atoms with E-state index in [2.05, 4.69) is 32.2 Å². The Balaban J connectivity index is 2.57. The highest BCUT2D eigenvalue weighted by atomic mass is 16.2. The fraction of sp³-hybridized carbons (Fsp3) is 0.857. The van der Waals surface area contributed by atoms with Crippen LogP contribution in [0.25, 0.3) is 0 Å². The summed E-state index contributed by atoms with van der Waals surface area (Å²) in [6.07, 6.45) is 3.55. The van der Waals surface area contributed by atoms with Crippen LogP contribution < -0.4 is 5.32 Å². The van der Waals surface area contributed by atoms with Gasteiger partial charge in [0.15, 0.2) is 0 Å². The minimum absolute atomic E-state index is 0.0579. The smallest absolute Gasteiger partial charge is 0.240 e. The van der Waals surface area contributed by atoms with Gasteiger partial charge in [-0.1, -0.05) is 33.6 Å². The molecule has 0 spiro atoms. The Kier molecular flexibility index (Phi) is 4.56. The molecule has 0 heterocycles. The molecule has 96 valence electrons. The van der Waals surface area contributed by atoms with E-state index in [1.807, 2.05) is 6.92 Å². The molecule has 0 saturated heterocycles. The highest BCUT2D eigenvalue weighted by Crippen LogP contribution is 2.45. The van der Waals surface area contributed by atoms with Crippen LogP contribution in [-0.2, 0) is 4.79 Å². The number of nitrogens with one attached hydrogen (secondary N) is 1. The summed E-state index contributed by atoms with van der Waals surface area (Å²) in [5.41, 5.74) is -0.736. The van der Waals surface area contributed by atoms with Gasteiger partial charge in [0.1, 0.15) is 5.41 Å². The quantitative estimate of drug-likeness (QED) is 0.798. The standard InChI is InChI=1S/C14H24N2O/c1-5-12(6-2)11(4)16-13(17)14(9-15)7-10(3)8-14/h10-12H,5-8H2,1-4H3,(H,16,17). The van der Waals surface area contributed by atoms with Crippen molar-refractivity contribution in [3.05, 3.63) is 0 Å². The third kappa shape index (κ3) is 2.80. The zero-order valence-corrected chi connectivity index (χ0v) is 11.4. The second kappa shape index (κ2) is 5.53. The number of nitrogens with zero attached hydrogens (tertiary/aromatic N) is 1. The Morgan fingerprint density at radius 3 is 2.35 bits per heavy atom. The van der Waals surface area contributed by atoms with Gasteiger partial charge in [0.05, 0.1) is 6.07 Å². The first-order valence-corrected chi connectivity index (χ1v) is 6.71. The summed E-state index contributed by atoms with van der Waals surface area (Å²) < 4.78 is 0. The van der Waals surface area contributed by atoms with Gasteiger partial charge in [0.25, 0.3) is 0 Å². The molecule has 3 nitrogen and oxygen atoms in total. The van der Waals surface area contributed by atoms with Gasteiger partial charge in [-0.2, -0.15) is 5.26 Å². The number of hydrogen-bond acceptors (Lipinski definition) is 2. The molecule has 1 aliphatic rings. The first-order chi connectivity index (χ1) is 7.99. The van der Waals surface area contributed by atoms with Gasteiger partial charge in [0, 0.05) is 6.04 Å². The van der Waals surface area contributed by atoms with E-state index >= 15 is 0 Å². The number of amides is 1. The molecule has 0 bridgehead atoms. The first-order valence-electron chi connectivity index (χ1n) is 6.71. The summed E-state index contributed by atoms with van der Waals surface area (Å²) in [7, 11) is 0. The molecular weight excluding hydrogens is 212 g/mol. The molecule has 1 atom stereocenters. The van der Waals surface area contributed by atoms with Gasteiger partial charge >= 0.3 is 0 Å². The lowest BCUT2D eigenvalue weighted by molar-refractivity contribution is -0.135. The Morgan fingerprint density at radius 1 is 1.47 bits per heavy atom. The zero-order valence-electron chi connectivity index (χ0n) is 11.4. The minimum atomic E-state index is -0.736. The van der Waals surface area contributed by atoms with Crippen LogP contribution in [0, 0.1) is 28.6 Å². The van der Waals surface area contributed by atoms with Gasteiger partial charge in [0.2, 0.25) is 5.91 Å². The van der Waals surface area contributed by atoms with Crippen LogP contribution in [0.3, 0.4) is 0 Å². The highest BCUT2D eigenvalue weighted by molar-refractivity contribution is 5.86. The first kappa shape index (κ1) is 14.0. The van der Waals surface area contributed by atoms with Crippen LogP contribution in [-0.4, -0.2) is 11.9 Å². The molecule has 0 radical (unpaired) electrons. The third-order valence-corrected chi connectivity index (χ3v) is 4.16. The van der Waals surface area contributed by atoms with E-state index in [0.29, 0.717) is 24.7 Å². The lowest BCUT2D eigenvalue weighted by atomic mass is 9.63. The minimum Gasteiger partial charge on any atom is -0.352 e. The third-order valence-electron chi connectivity index (χ3n) is 4.16. The lowest BCUT2D eigenvalue weighted by Crippen LogP contribution is -2.51. The molecule has 0 aliphatic heterocycles. The SMILES string of the molecule is CCC(CC)C(C)NC(=O)C1(C#N)CC(C)C1. The topological polar surface area (TPSA) is 52.9 Å². The summed E-state index contributed by atoms with van der Waals surface area (Å²) in [5.74, 6) is 0.952. The summed E-state index contributed by atoms with van der Waals surface area (Å²) >= 11 is 0. The molecule has 1 amide bonds. The zero-order chi connectivity index (χ0) is 13.1. The number of carbonyl (C=O) groups excluding carboxylic acids is 1. The molecule has 1 N–H and O–H groups in total. The maximum Gasteiger partial charge on any atom is 0.240 e. The van der Waals surface area contributed by atoms with Gasteiger partial charge < -0.3 is 5.32 Å². The largest absolute Gasteiger partial charge is 0.352 e. The Labute approximate surface area is 105 Å². The van der Waals surface area contributed by atoms with Crippen LogP contribution in [0.1, 0.15) is 53.4 Å². The maximum atomic E-state index is 12.1. The summed E-state index contributed by atoms with van der Waals surface area (Å²) in [6, 6.07) is 2.38. The van der Waals surface area contributed by atoms with Crippen LogP contribution >= 0.6 is 0 Å². The van der Waals surface area contributed by atoms with Gasteiger partial charge in [-0.25, -0.2) is 0 Å². The van der Waals surface area contributed by atoms with E-state index in [4.69, 9.17) is 0 Å². The normalized spacial score (nSPS) is 29.3. The highest BCUT2D eigenvalue weighted by Gasteiger charge is 2.49. The van der Waals surface area contributed by atoms with Crippen molar-refractivity contribution >= 4 is 5.91 Å². The molecule has 1 saturated carbocycles. The molecular formula is C14H24N2O. The van der Waals surface area contributed by atoms with Crippen LogP contribution in [0.4, 0.5) is 0 Å². The molecule has 1 aliphatic carbocycles. The van der Waals surface area contributed by atoms with E-state index in [-0.39, 0.29) is 11.9 Å². The van der Waals surface area contributed by atoms with Crippen molar-refractivity contribution in [1.29, 1.82) is 5.26 Å². The van der Waals surface area contributed by atoms with Crippen LogP contribution in [0.15, 0.2) is 0 Å². The predicted octanol–water partition coefficient (Wildman–Crippen LogP) is 2.87. The van der Waals surface area contributed by atoms with Crippen molar-refractivity contribution in [1.82, 2.24) is 5.32 Å². The molecule has 17 heavy (non-hydrogen) atoms. The molecule has 1 unspecified atom stereocenters. The number of rotatable bonds is 5. The molecule has 3 heteroatoms. The van der Waals surface area contributed by atoms with Crippen molar-refractivity contribution < 1.29 is 4.79 Å². The maximum absolute atomic E-state index is 12.1. The summed E-state index contributed by atoms with van der Waals surface area (Å²) in [6.45, 7) is 8.42. The van der Waals surface area contributed by atoms with Crippen LogP contribution in [0.2, 0.25) is 0 Å². The van der Waals surface area contributed by atoms with E-state index in [0.717, 1.165) is 12.8 Å². The number of carbonyl (C=O) groups is 1. The predicted molar refractivity (Wildman–Crippen MR) is 68.1 cm³/mol. The Bertz CT molecular complexity index is 309. The summed E-state index contributed by atoms with van der Waals surface area (Å²) in [4.78, 5) is 12.1. The second-order valence-corrected chi connectivity index (χ2v) is 5.55. The monoisotopic (exact) mass is 236 g/mol. The van der Waals surface area contributed by atoms with Crippen molar-refractivity contribution in [2.45, 2.75) is 59.4 Å². The average molecular weight is 236 g/mol. The Morgan fingerprint density at radius 2 is 2.00 bits per heavy atom.